The van der Waals surface area contributed by atoms with Crippen LogP contribution in [0.2, 0.25) is 0 Å². The van der Waals surface area contributed by atoms with E-state index >= 15 is 0 Å². The van der Waals surface area contributed by atoms with E-state index in [9.17, 15) is 0 Å². The molecule has 0 fully saturated rings. The molecule has 0 radical (unpaired) electrons. The highest BCUT2D eigenvalue weighted by molar-refractivity contribution is 7.11. The topological polar surface area (TPSA) is 68.5 Å². The predicted octanol–water partition coefficient (Wildman–Crippen LogP) is 2.70. The zero-order valence-corrected chi connectivity index (χ0v) is 13.7. The molecule has 0 unspecified atom stereocenters. The standard InChI is InChI=1S/C15H18N6S/c1-10-6-11(2)21(20-10)14-9-16-8-13(19-14)17-5-4-15-18-7-12(3)22-15/h6-9H,4-5H2,1-3H3,(H,17,19). The average molecular weight is 314 g/mol. The maximum absolute atomic E-state index is 4.56. The molecule has 0 bridgehead atoms. The van der Waals surface area contributed by atoms with Crippen LogP contribution in [0.4, 0.5) is 5.82 Å². The third-order valence-electron chi connectivity index (χ3n) is 3.16. The fourth-order valence-electron chi connectivity index (χ4n) is 2.22. The molecule has 7 heteroatoms. The number of hydrogen-bond donors (Lipinski definition) is 1. The van der Waals surface area contributed by atoms with Crippen LogP contribution in [0.3, 0.4) is 0 Å². The van der Waals surface area contributed by atoms with E-state index in [-0.39, 0.29) is 0 Å². The van der Waals surface area contributed by atoms with Crippen LogP contribution >= 0.6 is 11.3 Å². The first-order chi connectivity index (χ1) is 10.6. The van der Waals surface area contributed by atoms with Crippen LogP contribution in [0, 0.1) is 20.8 Å². The maximum atomic E-state index is 4.56. The molecule has 6 nitrogen and oxygen atoms in total. The van der Waals surface area contributed by atoms with Gasteiger partial charge in [-0.05, 0) is 26.8 Å². The van der Waals surface area contributed by atoms with E-state index in [0.717, 1.165) is 41.0 Å². The third-order valence-corrected chi connectivity index (χ3v) is 4.14. The highest BCUT2D eigenvalue weighted by atomic mass is 32.1. The lowest BCUT2D eigenvalue weighted by atomic mass is 10.4. The van der Waals surface area contributed by atoms with Crippen LogP contribution in [0.5, 0.6) is 0 Å². The molecular formula is C15H18N6S. The normalized spacial score (nSPS) is 10.9. The summed E-state index contributed by atoms with van der Waals surface area (Å²) in [4.78, 5) is 14.4. The van der Waals surface area contributed by atoms with Crippen molar-refractivity contribution in [2.45, 2.75) is 27.2 Å². The van der Waals surface area contributed by atoms with Crippen molar-refractivity contribution in [1.29, 1.82) is 0 Å². The molecule has 0 aromatic carbocycles. The highest BCUT2D eigenvalue weighted by Gasteiger charge is 2.06. The fraction of sp³-hybridized carbons (Fsp3) is 0.333. The van der Waals surface area contributed by atoms with Gasteiger partial charge in [0.25, 0.3) is 0 Å². The summed E-state index contributed by atoms with van der Waals surface area (Å²) < 4.78 is 1.80. The van der Waals surface area contributed by atoms with Gasteiger partial charge < -0.3 is 5.32 Å². The summed E-state index contributed by atoms with van der Waals surface area (Å²) in [7, 11) is 0. The molecule has 3 heterocycles. The summed E-state index contributed by atoms with van der Waals surface area (Å²) in [5.41, 5.74) is 2.01. The van der Waals surface area contributed by atoms with Crippen LogP contribution in [0.25, 0.3) is 5.82 Å². The van der Waals surface area contributed by atoms with Crippen molar-refractivity contribution in [1.82, 2.24) is 24.7 Å². The van der Waals surface area contributed by atoms with Gasteiger partial charge in [0.15, 0.2) is 5.82 Å². The fourth-order valence-corrected chi connectivity index (χ4v) is 3.00. The molecule has 0 spiro atoms. The molecule has 22 heavy (non-hydrogen) atoms. The molecule has 0 aliphatic rings. The van der Waals surface area contributed by atoms with Crippen molar-refractivity contribution in [3.8, 4) is 5.82 Å². The molecule has 0 aliphatic carbocycles. The quantitative estimate of drug-likeness (QED) is 0.784. The number of rotatable bonds is 5. The Kier molecular flexibility index (Phi) is 4.15. The number of thiazole rings is 1. The van der Waals surface area contributed by atoms with Crippen molar-refractivity contribution in [3.05, 3.63) is 45.9 Å². The minimum Gasteiger partial charge on any atom is -0.368 e. The first kappa shape index (κ1) is 14.6. The van der Waals surface area contributed by atoms with Gasteiger partial charge in [-0.25, -0.2) is 14.6 Å². The highest BCUT2D eigenvalue weighted by Crippen LogP contribution is 2.13. The zero-order valence-electron chi connectivity index (χ0n) is 12.9. The van der Waals surface area contributed by atoms with Crippen molar-refractivity contribution in [3.63, 3.8) is 0 Å². The summed E-state index contributed by atoms with van der Waals surface area (Å²) in [6.45, 7) is 6.82. The van der Waals surface area contributed by atoms with Crippen LogP contribution in [-0.2, 0) is 6.42 Å². The molecule has 0 atom stereocenters. The van der Waals surface area contributed by atoms with Gasteiger partial charge in [-0.1, -0.05) is 0 Å². The molecule has 114 valence electrons. The van der Waals surface area contributed by atoms with Gasteiger partial charge >= 0.3 is 0 Å². The Morgan fingerprint density at radius 3 is 2.73 bits per heavy atom. The molecule has 0 saturated heterocycles. The molecule has 0 saturated carbocycles. The zero-order chi connectivity index (χ0) is 15.5. The lowest BCUT2D eigenvalue weighted by Gasteiger charge is -2.07. The molecule has 3 aromatic heterocycles. The van der Waals surface area contributed by atoms with Gasteiger partial charge in [0.2, 0.25) is 0 Å². The van der Waals surface area contributed by atoms with E-state index in [1.807, 2.05) is 26.1 Å². The second kappa shape index (κ2) is 6.23. The van der Waals surface area contributed by atoms with Gasteiger partial charge in [0.1, 0.15) is 5.82 Å². The van der Waals surface area contributed by atoms with Gasteiger partial charge in [-0.15, -0.1) is 11.3 Å². The number of nitrogens with one attached hydrogen (secondary N) is 1. The van der Waals surface area contributed by atoms with Crippen LogP contribution in [0.15, 0.2) is 24.7 Å². The van der Waals surface area contributed by atoms with Gasteiger partial charge in [0, 0.05) is 29.7 Å². The van der Waals surface area contributed by atoms with E-state index in [1.165, 1.54) is 4.88 Å². The number of hydrogen-bond acceptors (Lipinski definition) is 6. The molecular weight excluding hydrogens is 296 g/mol. The van der Waals surface area contributed by atoms with Crippen molar-refractivity contribution < 1.29 is 0 Å². The predicted molar refractivity (Wildman–Crippen MR) is 87.7 cm³/mol. The van der Waals surface area contributed by atoms with E-state index in [0.29, 0.717) is 0 Å². The first-order valence-electron chi connectivity index (χ1n) is 7.12. The van der Waals surface area contributed by atoms with Crippen molar-refractivity contribution in [2.75, 3.05) is 11.9 Å². The van der Waals surface area contributed by atoms with Crippen molar-refractivity contribution >= 4 is 17.2 Å². The summed E-state index contributed by atoms with van der Waals surface area (Å²) in [6.07, 6.45) is 6.23. The minimum atomic E-state index is 0.723. The Bertz CT molecular complexity index is 776. The van der Waals surface area contributed by atoms with Crippen LogP contribution < -0.4 is 5.32 Å². The average Bonchev–Trinajstić information content (AvgIpc) is 3.05. The summed E-state index contributed by atoms with van der Waals surface area (Å²) in [6, 6.07) is 2.02. The number of aromatic nitrogens is 5. The van der Waals surface area contributed by atoms with Crippen LogP contribution in [-0.4, -0.2) is 31.3 Å². The SMILES string of the molecule is Cc1cc(C)n(-c2cncc(NCCc3ncc(C)s3)n2)n1. The minimum absolute atomic E-state index is 0.723. The molecule has 0 aliphatic heterocycles. The van der Waals surface area contributed by atoms with Gasteiger partial charge in [-0.3, -0.25) is 4.98 Å². The number of nitrogens with zero attached hydrogens (tertiary/aromatic N) is 5. The monoisotopic (exact) mass is 314 g/mol. The summed E-state index contributed by atoms with van der Waals surface area (Å²) >= 11 is 1.73. The molecule has 3 aromatic rings. The Balaban J connectivity index is 1.67. The largest absolute Gasteiger partial charge is 0.368 e. The van der Waals surface area contributed by atoms with Crippen LogP contribution in [0.1, 0.15) is 21.3 Å². The molecule has 3 rings (SSSR count). The summed E-state index contributed by atoms with van der Waals surface area (Å²) in [5, 5.41) is 8.85. The number of aryl methyl sites for hydroxylation is 3. The third kappa shape index (κ3) is 3.30. The Hall–Kier alpha value is -2.28. The Morgan fingerprint density at radius 1 is 1.18 bits per heavy atom. The Labute approximate surface area is 133 Å². The first-order valence-corrected chi connectivity index (χ1v) is 7.94. The van der Waals surface area contributed by atoms with E-state index < -0.39 is 0 Å². The Morgan fingerprint density at radius 2 is 2.05 bits per heavy atom. The number of anilines is 1. The lowest BCUT2D eigenvalue weighted by molar-refractivity contribution is 0.798. The van der Waals surface area contributed by atoms with Crippen molar-refractivity contribution in [2.24, 2.45) is 0 Å². The summed E-state index contributed by atoms with van der Waals surface area (Å²) in [5.74, 6) is 1.47. The lowest BCUT2D eigenvalue weighted by Crippen LogP contribution is -2.09. The van der Waals surface area contributed by atoms with Gasteiger partial charge in [0.05, 0.1) is 23.1 Å². The molecule has 0 amide bonds. The second-order valence-electron chi connectivity index (χ2n) is 5.14. The van der Waals surface area contributed by atoms with Gasteiger partial charge in [-0.2, -0.15) is 5.10 Å². The molecule has 1 N–H and O–H groups in total. The smallest absolute Gasteiger partial charge is 0.174 e. The van der Waals surface area contributed by atoms with E-state index in [2.05, 4.69) is 32.3 Å². The maximum Gasteiger partial charge on any atom is 0.174 e. The van der Waals surface area contributed by atoms with E-state index in [4.69, 9.17) is 0 Å². The second-order valence-corrected chi connectivity index (χ2v) is 6.46. The van der Waals surface area contributed by atoms with E-state index in [1.54, 1.807) is 28.4 Å².